The number of carbonyl (C=O) groups excluding carboxylic acids is 2. The van der Waals surface area contributed by atoms with E-state index in [4.69, 9.17) is 34.8 Å². The molecule has 180 valence electrons. The van der Waals surface area contributed by atoms with E-state index in [2.05, 4.69) is 20.8 Å². The smallest absolute Gasteiger partial charge is 0.251 e. The maximum Gasteiger partial charge on any atom is 0.251 e. The van der Waals surface area contributed by atoms with Crippen molar-refractivity contribution in [3.8, 4) is 0 Å². The summed E-state index contributed by atoms with van der Waals surface area (Å²) in [6.45, 7) is 5.93. The molecule has 1 aromatic heterocycles. The minimum absolute atomic E-state index is 0.0644. The second-order valence-electron chi connectivity index (χ2n) is 8.05. The number of halogens is 3. The number of nitrogens with one attached hydrogen (secondary N) is 2. The Hall–Kier alpha value is -2.26. The molecule has 0 saturated heterocycles. The third-order valence-electron chi connectivity index (χ3n) is 5.00. The molecule has 7 nitrogen and oxygen atoms in total. The van der Waals surface area contributed by atoms with Crippen molar-refractivity contribution in [1.82, 2.24) is 20.1 Å². The number of hydrogen-bond donors (Lipinski definition) is 2. The highest BCUT2D eigenvalue weighted by atomic mass is 35.5. The normalized spacial score (nSPS) is 12.0. The standard InChI is InChI=1S/C23H24Cl3N5O2S/c1-12(2)20(28-22(33)14-7-5-6-13(3)8-14)21-29-30-23(31(21)4)34-11-19(32)27-18-10-16(25)15(24)9-17(18)26/h5-10,12,20H,11H2,1-4H3,(H,27,32)(H,28,33)/t20-/m0/s1. The average molecular weight is 541 g/mol. The summed E-state index contributed by atoms with van der Waals surface area (Å²) in [5, 5.41) is 15.7. The number of amides is 2. The van der Waals surface area contributed by atoms with E-state index in [0.29, 0.717) is 32.3 Å². The maximum atomic E-state index is 12.8. The molecule has 0 aliphatic carbocycles. The molecule has 0 aliphatic rings. The minimum Gasteiger partial charge on any atom is -0.342 e. The quantitative estimate of drug-likeness (QED) is 0.273. The number of carbonyl (C=O) groups is 2. The first-order valence-corrected chi connectivity index (χ1v) is 12.5. The fourth-order valence-corrected chi connectivity index (χ4v) is 4.51. The Bertz CT molecular complexity index is 1220. The molecule has 34 heavy (non-hydrogen) atoms. The summed E-state index contributed by atoms with van der Waals surface area (Å²) in [7, 11) is 1.81. The highest BCUT2D eigenvalue weighted by Crippen LogP contribution is 2.32. The van der Waals surface area contributed by atoms with Crippen molar-refractivity contribution in [3.05, 3.63) is 68.4 Å². The van der Waals surface area contributed by atoms with E-state index in [1.54, 1.807) is 17.7 Å². The highest BCUT2D eigenvalue weighted by molar-refractivity contribution is 7.99. The van der Waals surface area contributed by atoms with Gasteiger partial charge in [0, 0.05) is 12.6 Å². The molecular formula is C23H24Cl3N5O2S. The van der Waals surface area contributed by atoms with Crippen LogP contribution in [0.4, 0.5) is 5.69 Å². The van der Waals surface area contributed by atoms with Gasteiger partial charge in [-0.05, 0) is 37.1 Å². The third kappa shape index (κ3) is 6.44. The van der Waals surface area contributed by atoms with E-state index < -0.39 is 0 Å². The predicted octanol–water partition coefficient (Wildman–Crippen LogP) is 5.94. The van der Waals surface area contributed by atoms with Gasteiger partial charge in [-0.15, -0.1) is 10.2 Å². The number of thioether (sulfide) groups is 1. The average Bonchev–Trinajstić information content (AvgIpc) is 3.14. The summed E-state index contributed by atoms with van der Waals surface area (Å²) in [6.07, 6.45) is 0. The first kappa shape index (κ1) is 26.3. The van der Waals surface area contributed by atoms with Crippen LogP contribution in [0.25, 0.3) is 0 Å². The van der Waals surface area contributed by atoms with Crippen LogP contribution in [0.3, 0.4) is 0 Å². The predicted molar refractivity (Wildman–Crippen MR) is 138 cm³/mol. The van der Waals surface area contributed by atoms with Crippen molar-refractivity contribution in [2.45, 2.75) is 32.0 Å². The molecule has 2 N–H and O–H groups in total. The molecular weight excluding hydrogens is 517 g/mol. The minimum atomic E-state index is -0.358. The summed E-state index contributed by atoms with van der Waals surface area (Å²) < 4.78 is 1.78. The molecule has 0 aliphatic heterocycles. The molecule has 2 aromatic carbocycles. The number of hydrogen-bond acceptors (Lipinski definition) is 5. The van der Waals surface area contributed by atoms with E-state index in [0.717, 1.165) is 5.56 Å². The number of anilines is 1. The van der Waals surface area contributed by atoms with Gasteiger partial charge in [-0.1, -0.05) is 78.1 Å². The Morgan fingerprint density at radius 2 is 1.76 bits per heavy atom. The summed E-state index contributed by atoms with van der Waals surface area (Å²) in [4.78, 5) is 25.3. The van der Waals surface area contributed by atoms with Crippen molar-refractivity contribution in [1.29, 1.82) is 0 Å². The van der Waals surface area contributed by atoms with Gasteiger partial charge in [0.2, 0.25) is 5.91 Å². The molecule has 0 saturated carbocycles. The van der Waals surface area contributed by atoms with Crippen LogP contribution >= 0.6 is 46.6 Å². The van der Waals surface area contributed by atoms with Crippen molar-refractivity contribution in [2.24, 2.45) is 13.0 Å². The Balaban J connectivity index is 1.68. The van der Waals surface area contributed by atoms with Crippen LogP contribution < -0.4 is 10.6 Å². The summed E-state index contributed by atoms with van der Waals surface area (Å²) >= 11 is 19.3. The van der Waals surface area contributed by atoms with E-state index >= 15 is 0 Å². The first-order chi connectivity index (χ1) is 16.1. The lowest BCUT2D eigenvalue weighted by Gasteiger charge is -2.21. The lowest BCUT2D eigenvalue weighted by atomic mass is 10.0. The zero-order valence-corrected chi connectivity index (χ0v) is 22.1. The fourth-order valence-electron chi connectivity index (χ4n) is 3.20. The van der Waals surface area contributed by atoms with Crippen LogP contribution in [0.2, 0.25) is 15.1 Å². The largest absolute Gasteiger partial charge is 0.342 e. The Kier molecular flexibility index (Phi) is 8.87. The lowest BCUT2D eigenvalue weighted by Crippen LogP contribution is -2.33. The maximum absolute atomic E-state index is 12.8. The van der Waals surface area contributed by atoms with Gasteiger partial charge in [-0.2, -0.15) is 0 Å². The summed E-state index contributed by atoms with van der Waals surface area (Å²) in [6, 6.07) is 10.0. The second-order valence-corrected chi connectivity index (χ2v) is 10.2. The van der Waals surface area contributed by atoms with Crippen molar-refractivity contribution >= 4 is 64.1 Å². The fraction of sp³-hybridized carbons (Fsp3) is 0.304. The Morgan fingerprint density at radius 3 is 2.44 bits per heavy atom. The van der Waals surface area contributed by atoms with Crippen molar-refractivity contribution in [2.75, 3.05) is 11.1 Å². The van der Waals surface area contributed by atoms with Gasteiger partial charge in [0.25, 0.3) is 5.91 Å². The number of aryl methyl sites for hydroxylation is 1. The van der Waals surface area contributed by atoms with Gasteiger partial charge in [0.05, 0.1) is 32.5 Å². The number of rotatable bonds is 8. The molecule has 11 heteroatoms. The zero-order chi connectivity index (χ0) is 25.0. The molecule has 0 unspecified atom stereocenters. The van der Waals surface area contributed by atoms with Gasteiger partial charge in [-0.3, -0.25) is 9.59 Å². The molecule has 1 atom stereocenters. The number of aromatic nitrogens is 3. The first-order valence-electron chi connectivity index (χ1n) is 10.4. The van der Waals surface area contributed by atoms with Gasteiger partial charge < -0.3 is 15.2 Å². The number of benzene rings is 2. The molecule has 0 radical (unpaired) electrons. The summed E-state index contributed by atoms with van der Waals surface area (Å²) in [5.74, 6) is 0.270. The molecule has 2 amide bonds. The van der Waals surface area contributed by atoms with Crippen LogP contribution in [0.1, 0.15) is 41.6 Å². The Morgan fingerprint density at radius 1 is 1.06 bits per heavy atom. The molecule has 3 rings (SSSR count). The van der Waals surface area contributed by atoms with Crippen LogP contribution in [0, 0.1) is 12.8 Å². The zero-order valence-electron chi connectivity index (χ0n) is 19.0. The van der Waals surface area contributed by atoms with Crippen LogP contribution in [0.5, 0.6) is 0 Å². The molecule has 0 fully saturated rings. The van der Waals surface area contributed by atoms with Crippen molar-refractivity contribution in [3.63, 3.8) is 0 Å². The monoisotopic (exact) mass is 539 g/mol. The van der Waals surface area contributed by atoms with Crippen LogP contribution in [-0.4, -0.2) is 32.3 Å². The van der Waals surface area contributed by atoms with Gasteiger partial charge in [0.15, 0.2) is 11.0 Å². The molecule has 0 spiro atoms. The molecule has 1 heterocycles. The van der Waals surface area contributed by atoms with E-state index in [9.17, 15) is 9.59 Å². The van der Waals surface area contributed by atoms with E-state index in [1.165, 1.54) is 23.9 Å². The SMILES string of the molecule is Cc1cccc(C(=O)N[C@H](c2nnc(SCC(=O)Nc3cc(Cl)c(Cl)cc3Cl)n2C)C(C)C)c1. The van der Waals surface area contributed by atoms with E-state index in [1.807, 2.05) is 39.0 Å². The lowest BCUT2D eigenvalue weighted by molar-refractivity contribution is -0.113. The molecule has 0 bridgehead atoms. The van der Waals surface area contributed by atoms with E-state index in [-0.39, 0.29) is 34.5 Å². The number of nitrogens with zero attached hydrogens (tertiary/aromatic N) is 3. The second kappa shape index (κ2) is 11.4. The topological polar surface area (TPSA) is 88.9 Å². The van der Waals surface area contributed by atoms with Crippen molar-refractivity contribution < 1.29 is 9.59 Å². The highest BCUT2D eigenvalue weighted by Gasteiger charge is 2.25. The third-order valence-corrected chi connectivity index (χ3v) is 7.05. The summed E-state index contributed by atoms with van der Waals surface area (Å²) in [5.41, 5.74) is 1.96. The van der Waals surface area contributed by atoms with Crippen LogP contribution in [-0.2, 0) is 11.8 Å². The van der Waals surface area contributed by atoms with Gasteiger partial charge in [0.1, 0.15) is 0 Å². The van der Waals surface area contributed by atoms with Gasteiger partial charge >= 0.3 is 0 Å². The van der Waals surface area contributed by atoms with Crippen LogP contribution in [0.15, 0.2) is 41.6 Å². The van der Waals surface area contributed by atoms with Gasteiger partial charge in [-0.25, -0.2) is 0 Å². The Labute approximate surface area is 217 Å². The molecule has 3 aromatic rings.